The number of halogens is 1. The number of nitrogens with zero attached hydrogens (tertiary/aromatic N) is 3. The van der Waals surface area contributed by atoms with Crippen LogP contribution in [0.25, 0.3) is 6.08 Å². The van der Waals surface area contributed by atoms with Crippen LogP contribution >= 0.6 is 23.4 Å². The molecule has 1 N–H and O–H groups in total. The minimum Gasteiger partial charge on any atom is -0.478 e. The van der Waals surface area contributed by atoms with Crippen molar-refractivity contribution in [3.8, 4) is 0 Å². The van der Waals surface area contributed by atoms with Gasteiger partial charge in [0.05, 0.1) is 27.6 Å². The maximum Gasteiger partial charge on any atom is 0.335 e. The molecule has 4 rings (SSSR count). The Labute approximate surface area is 203 Å². The molecule has 0 radical (unpaired) electrons. The molecular weight excluding hydrogens is 478 g/mol. The van der Waals surface area contributed by atoms with Crippen molar-refractivity contribution in [2.45, 2.75) is 6.54 Å². The standard InChI is InChI=1S/C24H16ClN3O5S/c25-19-11-8-16(12-20(19)28(32)33)13-21-22(29)27(14-15-6-9-17(10-7-15)23(30)31)24(34-21)26-18-4-2-1-3-5-18/h1-13H,14H2,(H,30,31). The van der Waals surface area contributed by atoms with Crippen LogP contribution in [-0.4, -0.2) is 32.0 Å². The Morgan fingerprint density at radius 1 is 1.12 bits per heavy atom. The molecule has 1 saturated heterocycles. The van der Waals surface area contributed by atoms with E-state index in [1.54, 1.807) is 24.3 Å². The number of thioether (sulfide) groups is 1. The van der Waals surface area contributed by atoms with Crippen LogP contribution in [0.15, 0.2) is 82.7 Å². The van der Waals surface area contributed by atoms with Gasteiger partial charge in [-0.2, -0.15) is 0 Å². The highest BCUT2D eigenvalue weighted by molar-refractivity contribution is 8.18. The van der Waals surface area contributed by atoms with E-state index in [9.17, 15) is 19.7 Å². The maximum atomic E-state index is 13.3. The third-order valence-electron chi connectivity index (χ3n) is 4.88. The monoisotopic (exact) mass is 493 g/mol. The number of carbonyl (C=O) groups is 2. The molecule has 1 fully saturated rings. The van der Waals surface area contributed by atoms with Gasteiger partial charge in [-0.1, -0.05) is 48.0 Å². The largest absolute Gasteiger partial charge is 0.478 e. The summed E-state index contributed by atoms with van der Waals surface area (Å²) < 4.78 is 0. The van der Waals surface area contributed by atoms with Crippen molar-refractivity contribution in [2.75, 3.05) is 0 Å². The number of aliphatic imine (C=N–C) groups is 1. The fourth-order valence-corrected chi connectivity index (χ4v) is 4.37. The zero-order chi connectivity index (χ0) is 24.2. The van der Waals surface area contributed by atoms with Crippen molar-refractivity contribution >= 4 is 57.9 Å². The number of carboxylic acid groups (broad SMARTS) is 1. The highest BCUT2D eigenvalue weighted by Gasteiger charge is 2.33. The second-order valence-corrected chi connectivity index (χ2v) is 8.62. The van der Waals surface area contributed by atoms with Gasteiger partial charge in [-0.05, 0) is 59.3 Å². The lowest BCUT2D eigenvalue weighted by atomic mass is 10.1. The van der Waals surface area contributed by atoms with E-state index in [4.69, 9.17) is 16.7 Å². The molecule has 3 aromatic carbocycles. The molecule has 0 atom stereocenters. The van der Waals surface area contributed by atoms with Gasteiger partial charge in [-0.15, -0.1) is 0 Å². The van der Waals surface area contributed by atoms with Gasteiger partial charge >= 0.3 is 5.97 Å². The first-order valence-electron chi connectivity index (χ1n) is 9.93. The first-order valence-corrected chi connectivity index (χ1v) is 11.1. The van der Waals surface area contributed by atoms with Crippen LogP contribution in [0.1, 0.15) is 21.5 Å². The van der Waals surface area contributed by atoms with Crippen LogP contribution in [0.3, 0.4) is 0 Å². The van der Waals surface area contributed by atoms with Gasteiger partial charge in [-0.3, -0.25) is 19.8 Å². The number of hydrogen-bond acceptors (Lipinski definition) is 6. The summed E-state index contributed by atoms with van der Waals surface area (Å²) in [5, 5.41) is 20.8. The summed E-state index contributed by atoms with van der Waals surface area (Å²) in [6, 6.07) is 19.7. The highest BCUT2D eigenvalue weighted by atomic mass is 35.5. The molecule has 0 aliphatic carbocycles. The molecule has 10 heteroatoms. The van der Waals surface area contributed by atoms with Crippen molar-refractivity contribution in [2.24, 2.45) is 4.99 Å². The second kappa shape index (κ2) is 9.90. The fraction of sp³-hybridized carbons (Fsp3) is 0.0417. The van der Waals surface area contributed by atoms with Crippen LogP contribution in [-0.2, 0) is 11.3 Å². The third-order valence-corrected chi connectivity index (χ3v) is 6.20. The van der Waals surface area contributed by atoms with E-state index in [-0.39, 0.29) is 28.7 Å². The lowest BCUT2D eigenvalue weighted by Gasteiger charge is -2.16. The summed E-state index contributed by atoms with van der Waals surface area (Å²) in [7, 11) is 0. The molecule has 1 heterocycles. The predicted octanol–water partition coefficient (Wildman–Crippen LogP) is 5.75. The number of rotatable bonds is 6. The molecule has 34 heavy (non-hydrogen) atoms. The first kappa shape index (κ1) is 23.2. The number of carbonyl (C=O) groups excluding carboxylic acids is 1. The van der Waals surface area contributed by atoms with Gasteiger partial charge < -0.3 is 5.11 Å². The molecule has 3 aromatic rings. The predicted molar refractivity (Wildman–Crippen MR) is 131 cm³/mol. The lowest BCUT2D eigenvalue weighted by molar-refractivity contribution is -0.384. The number of hydrogen-bond donors (Lipinski definition) is 1. The molecule has 1 aliphatic heterocycles. The smallest absolute Gasteiger partial charge is 0.335 e. The van der Waals surface area contributed by atoms with Gasteiger partial charge in [0.1, 0.15) is 5.02 Å². The van der Waals surface area contributed by atoms with E-state index in [1.807, 2.05) is 30.3 Å². The van der Waals surface area contributed by atoms with Crippen molar-refractivity contribution in [3.05, 3.63) is 110 Å². The van der Waals surface area contributed by atoms with E-state index < -0.39 is 10.9 Å². The lowest BCUT2D eigenvalue weighted by Crippen LogP contribution is -2.28. The number of aromatic carboxylic acids is 1. The van der Waals surface area contributed by atoms with Crippen molar-refractivity contribution in [3.63, 3.8) is 0 Å². The Morgan fingerprint density at radius 3 is 2.47 bits per heavy atom. The Balaban J connectivity index is 1.69. The number of amidine groups is 1. The minimum atomic E-state index is -1.03. The molecule has 0 saturated carbocycles. The minimum absolute atomic E-state index is 0.00955. The van der Waals surface area contributed by atoms with Crippen LogP contribution in [0, 0.1) is 10.1 Å². The Kier molecular flexibility index (Phi) is 6.76. The second-order valence-electron chi connectivity index (χ2n) is 7.20. The molecule has 1 amide bonds. The van der Waals surface area contributed by atoms with E-state index in [0.717, 1.165) is 17.3 Å². The van der Waals surface area contributed by atoms with Crippen molar-refractivity contribution < 1.29 is 19.6 Å². The Hall–Kier alpha value is -3.95. The summed E-state index contributed by atoms with van der Waals surface area (Å²) in [5.74, 6) is -1.35. The fourth-order valence-electron chi connectivity index (χ4n) is 3.19. The zero-order valence-electron chi connectivity index (χ0n) is 17.4. The Bertz CT molecular complexity index is 1340. The van der Waals surface area contributed by atoms with Crippen LogP contribution in [0.5, 0.6) is 0 Å². The highest BCUT2D eigenvalue weighted by Crippen LogP contribution is 2.36. The van der Waals surface area contributed by atoms with Crippen LogP contribution in [0.2, 0.25) is 5.02 Å². The van der Waals surface area contributed by atoms with Crippen LogP contribution < -0.4 is 0 Å². The van der Waals surface area contributed by atoms with E-state index in [0.29, 0.717) is 21.3 Å². The number of amides is 1. The number of nitro groups is 1. The molecule has 1 aliphatic rings. The SMILES string of the molecule is O=C(O)c1ccc(CN2C(=O)C(=Cc3ccc(Cl)c([N+](=O)[O-])c3)SC2=Nc2ccccc2)cc1. The number of benzene rings is 3. The molecule has 170 valence electrons. The van der Waals surface area contributed by atoms with Crippen LogP contribution in [0.4, 0.5) is 11.4 Å². The molecule has 8 nitrogen and oxygen atoms in total. The maximum absolute atomic E-state index is 13.3. The quantitative estimate of drug-likeness (QED) is 0.265. The summed E-state index contributed by atoms with van der Waals surface area (Å²) in [5.41, 5.74) is 1.74. The molecule has 0 unspecified atom stereocenters. The third kappa shape index (κ3) is 5.16. The molecule has 0 aromatic heterocycles. The first-order chi connectivity index (χ1) is 16.3. The summed E-state index contributed by atoms with van der Waals surface area (Å²) in [6.07, 6.45) is 1.56. The van der Waals surface area contributed by atoms with Gasteiger partial charge in [0.2, 0.25) is 0 Å². The number of nitro benzene ring substituents is 1. The average Bonchev–Trinajstić information content (AvgIpc) is 3.10. The normalized spacial score (nSPS) is 15.8. The molecular formula is C24H16ClN3O5S. The molecule has 0 spiro atoms. The van der Waals surface area contributed by atoms with Crippen molar-refractivity contribution in [1.29, 1.82) is 0 Å². The van der Waals surface area contributed by atoms with E-state index in [1.165, 1.54) is 29.2 Å². The number of carboxylic acids is 1. The van der Waals surface area contributed by atoms with Gasteiger partial charge in [-0.25, -0.2) is 9.79 Å². The molecule has 0 bridgehead atoms. The van der Waals surface area contributed by atoms with E-state index >= 15 is 0 Å². The topological polar surface area (TPSA) is 113 Å². The van der Waals surface area contributed by atoms with E-state index in [2.05, 4.69) is 4.99 Å². The summed E-state index contributed by atoms with van der Waals surface area (Å²) in [4.78, 5) is 41.5. The van der Waals surface area contributed by atoms with Gasteiger partial charge in [0, 0.05) is 6.07 Å². The number of para-hydroxylation sites is 1. The Morgan fingerprint density at radius 2 is 1.82 bits per heavy atom. The zero-order valence-corrected chi connectivity index (χ0v) is 19.0. The average molecular weight is 494 g/mol. The summed E-state index contributed by atoms with van der Waals surface area (Å²) in [6.45, 7) is 0.176. The van der Waals surface area contributed by atoms with Gasteiger partial charge in [0.25, 0.3) is 11.6 Å². The van der Waals surface area contributed by atoms with Crippen molar-refractivity contribution in [1.82, 2.24) is 4.90 Å². The summed E-state index contributed by atoms with van der Waals surface area (Å²) >= 11 is 7.05. The van der Waals surface area contributed by atoms with Gasteiger partial charge in [0.15, 0.2) is 5.17 Å².